The minimum Gasteiger partial charge on any atom is -0.481 e. The Bertz CT molecular complexity index is 825. The predicted molar refractivity (Wildman–Crippen MR) is 109 cm³/mol. The molecule has 0 aliphatic heterocycles. The molecule has 27 heavy (non-hydrogen) atoms. The summed E-state index contributed by atoms with van der Waals surface area (Å²) in [4.78, 5) is 23.2. The molecule has 0 atom stereocenters. The van der Waals surface area contributed by atoms with E-state index in [-0.39, 0.29) is 25.3 Å². The van der Waals surface area contributed by atoms with Crippen LogP contribution < -0.4 is 5.56 Å². The smallest absolute Gasteiger partial charge is 0.305 e. The van der Waals surface area contributed by atoms with Crippen LogP contribution >= 0.6 is 0 Å². The lowest BCUT2D eigenvalue weighted by Crippen LogP contribution is -2.24. The Morgan fingerprint density at radius 3 is 2.56 bits per heavy atom. The molecule has 2 aromatic rings. The van der Waals surface area contributed by atoms with Gasteiger partial charge >= 0.3 is 5.97 Å². The van der Waals surface area contributed by atoms with Crippen molar-refractivity contribution in [1.29, 1.82) is 0 Å². The van der Waals surface area contributed by atoms with E-state index in [2.05, 4.69) is 19.6 Å². The first-order chi connectivity index (χ1) is 12.8. The number of aromatic nitrogens is 1. The quantitative estimate of drug-likeness (QED) is 0.469. The van der Waals surface area contributed by atoms with Crippen molar-refractivity contribution in [3.8, 4) is 0 Å². The number of fused-ring (bicyclic) bond motifs is 1. The number of hydrogen-bond acceptors (Lipinski definition) is 4. The molecule has 0 amide bonds. The van der Waals surface area contributed by atoms with E-state index >= 15 is 0 Å². The van der Waals surface area contributed by atoms with Crippen LogP contribution in [-0.4, -0.2) is 43.5 Å². The van der Waals surface area contributed by atoms with Gasteiger partial charge in [-0.3, -0.25) is 14.2 Å². The van der Waals surface area contributed by atoms with Crippen LogP contribution in [0.15, 0.2) is 35.3 Å². The number of nitrogens with zero attached hydrogens (tertiary/aromatic N) is 1. The third kappa shape index (κ3) is 6.93. The molecule has 0 unspecified atom stereocenters. The molecule has 0 bridgehead atoms. The van der Waals surface area contributed by atoms with Crippen LogP contribution in [0.3, 0.4) is 0 Å². The zero-order valence-electron chi connectivity index (χ0n) is 16.4. The highest BCUT2D eigenvalue weighted by Crippen LogP contribution is 2.16. The van der Waals surface area contributed by atoms with E-state index in [9.17, 15) is 9.59 Å². The fraction of sp³-hybridized carbons (Fsp3) is 0.500. The van der Waals surface area contributed by atoms with Gasteiger partial charge in [0.05, 0.1) is 19.6 Å². The number of carboxylic acid groups (broad SMARTS) is 1. The standard InChI is InChI=1S/C20H29NO5Si/c1-27(2,3)14-13-26-15-21-10-7-17-16(5-4-6-18(17)20(21)24)8-11-25-12-9-19(22)23/h4-7,10H,8-9,11-15H2,1-3H3,(H,22,23). The first-order valence-corrected chi connectivity index (χ1v) is 13.0. The van der Waals surface area contributed by atoms with E-state index in [0.717, 1.165) is 17.0 Å². The molecule has 1 aromatic heterocycles. The maximum atomic E-state index is 12.7. The summed E-state index contributed by atoms with van der Waals surface area (Å²) in [6.07, 6.45) is 2.40. The molecule has 0 aliphatic rings. The topological polar surface area (TPSA) is 77.8 Å². The van der Waals surface area contributed by atoms with Crippen molar-refractivity contribution in [3.05, 3.63) is 46.4 Å². The zero-order valence-corrected chi connectivity index (χ0v) is 17.4. The molecule has 0 fully saturated rings. The highest BCUT2D eigenvalue weighted by atomic mass is 28.3. The molecule has 0 spiro atoms. The van der Waals surface area contributed by atoms with Gasteiger partial charge in [-0.15, -0.1) is 0 Å². The first-order valence-electron chi connectivity index (χ1n) is 9.26. The predicted octanol–water partition coefficient (Wildman–Crippen LogP) is 3.35. The lowest BCUT2D eigenvalue weighted by Gasteiger charge is -2.16. The molecule has 0 radical (unpaired) electrons. The van der Waals surface area contributed by atoms with Gasteiger partial charge in [0.25, 0.3) is 5.56 Å². The van der Waals surface area contributed by atoms with Gasteiger partial charge in [0.1, 0.15) is 6.73 Å². The number of hydrogen-bond donors (Lipinski definition) is 1. The fourth-order valence-corrected chi connectivity index (χ4v) is 3.44. The third-order valence-electron chi connectivity index (χ3n) is 4.31. The lowest BCUT2D eigenvalue weighted by molar-refractivity contribution is -0.138. The molecular formula is C20H29NO5Si. The van der Waals surface area contributed by atoms with Crippen LogP contribution in [0.1, 0.15) is 12.0 Å². The molecule has 7 heteroatoms. The average molecular weight is 392 g/mol. The molecule has 0 saturated carbocycles. The Balaban J connectivity index is 2.01. The molecule has 6 nitrogen and oxygen atoms in total. The van der Waals surface area contributed by atoms with Crippen molar-refractivity contribution in [2.24, 2.45) is 0 Å². The molecule has 1 aromatic carbocycles. The van der Waals surface area contributed by atoms with Crippen molar-refractivity contribution in [3.63, 3.8) is 0 Å². The summed E-state index contributed by atoms with van der Waals surface area (Å²) in [7, 11) is -1.14. The number of carboxylic acids is 1. The SMILES string of the molecule is C[Si](C)(C)CCOCn1ccc2c(CCOCCC(=O)O)cccc2c1=O. The Hall–Kier alpha value is -1.96. The number of benzene rings is 1. The van der Waals surface area contributed by atoms with Gasteiger partial charge in [-0.05, 0) is 35.5 Å². The van der Waals surface area contributed by atoms with E-state index in [0.29, 0.717) is 25.0 Å². The van der Waals surface area contributed by atoms with Gasteiger partial charge in [0.15, 0.2) is 0 Å². The summed E-state index contributed by atoms with van der Waals surface area (Å²) < 4.78 is 12.7. The van der Waals surface area contributed by atoms with Crippen molar-refractivity contribution in [2.75, 3.05) is 19.8 Å². The first kappa shape index (κ1) is 21.3. The minimum atomic E-state index is -1.14. The molecule has 0 aliphatic carbocycles. The van der Waals surface area contributed by atoms with Crippen molar-refractivity contribution >= 4 is 24.8 Å². The molecule has 2 rings (SSSR count). The second kappa shape index (κ2) is 9.82. The summed E-state index contributed by atoms with van der Waals surface area (Å²) in [6, 6.07) is 8.67. The maximum absolute atomic E-state index is 12.7. The van der Waals surface area contributed by atoms with Crippen molar-refractivity contribution in [1.82, 2.24) is 4.57 Å². The van der Waals surface area contributed by atoms with Gasteiger partial charge in [-0.25, -0.2) is 0 Å². The Kier molecular flexibility index (Phi) is 7.76. The summed E-state index contributed by atoms with van der Waals surface area (Å²) in [6.45, 7) is 8.45. The summed E-state index contributed by atoms with van der Waals surface area (Å²) >= 11 is 0. The van der Waals surface area contributed by atoms with Gasteiger partial charge in [0.2, 0.25) is 0 Å². The fourth-order valence-electron chi connectivity index (χ4n) is 2.69. The van der Waals surface area contributed by atoms with Gasteiger partial charge in [0, 0.05) is 26.3 Å². The van der Waals surface area contributed by atoms with Crippen LogP contribution in [0.25, 0.3) is 10.8 Å². The summed E-state index contributed by atoms with van der Waals surface area (Å²) in [5.74, 6) is -0.868. The van der Waals surface area contributed by atoms with Crippen LogP contribution in [0.4, 0.5) is 0 Å². The minimum absolute atomic E-state index is 0.00204. The highest BCUT2D eigenvalue weighted by Gasteiger charge is 2.12. The van der Waals surface area contributed by atoms with E-state index in [1.54, 1.807) is 10.8 Å². The van der Waals surface area contributed by atoms with Crippen LogP contribution in [0.5, 0.6) is 0 Å². The van der Waals surface area contributed by atoms with Crippen LogP contribution in [-0.2, 0) is 27.4 Å². The number of rotatable bonds is 11. The van der Waals surface area contributed by atoms with Gasteiger partial charge in [-0.2, -0.15) is 0 Å². The molecule has 148 valence electrons. The Morgan fingerprint density at radius 2 is 1.85 bits per heavy atom. The van der Waals surface area contributed by atoms with Crippen LogP contribution in [0.2, 0.25) is 25.7 Å². The monoisotopic (exact) mass is 391 g/mol. The Labute approximate surface area is 160 Å². The second-order valence-corrected chi connectivity index (χ2v) is 13.4. The van der Waals surface area contributed by atoms with Gasteiger partial charge < -0.3 is 14.6 Å². The van der Waals surface area contributed by atoms with E-state index in [4.69, 9.17) is 14.6 Å². The van der Waals surface area contributed by atoms with E-state index in [1.165, 1.54) is 0 Å². The van der Waals surface area contributed by atoms with Crippen molar-refractivity contribution < 1.29 is 19.4 Å². The molecule has 1 heterocycles. The number of aliphatic carboxylic acids is 1. The normalized spacial score (nSPS) is 11.8. The number of pyridine rings is 1. The summed E-state index contributed by atoms with van der Waals surface area (Å²) in [5.41, 5.74) is 0.959. The molecule has 1 N–H and O–H groups in total. The summed E-state index contributed by atoms with van der Waals surface area (Å²) in [5, 5.41) is 10.2. The third-order valence-corrected chi connectivity index (χ3v) is 6.02. The zero-order chi connectivity index (χ0) is 19.9. The highest BCUT2D eigenvalue weighted by molar-refractivity contribution is 6.76. The molecule has 0 saturated heterocycles. The average Bonchev–Trinajstić information content (AvgIpc) is 2.59. The number of carbonyl (C=O) groups is 1. The van der Waals surface area contributed by atoms with E-state index < -0.39 is 14.0 Å². The second-order valence-electron chi connectivity index (χ2n) is 7.82. The lowest BCUT2D eigenvalue weighted by atomic mass is 10.0. The van der Waals surface area contributed by atoms with Crippen LogP contribution in [0, 0.1) is 0 Å². The molecular weight excluding hydrogens is 362 g/mol. The van der Waals surface area contributed by atoms with Crippen molar-refractivity contribution in [2.45, 2.75) is 45.3 Å². The van der Waals surface area contributed by atoms with Gasteiger partial charge in [-0.1, -0.05) is 31.8 Å². The Morgan fingerprint density at radius 1 is 1.07 bits per heavy atom. The van der Waals surface area contributed by atoms with E-state index in [1.807, 2.05) is 24.3 Å². The number of ether oxygens (including phenoxy) is 2. The largest absolute Gasteiger partial charge is 0.481 e. The maximum Gasteiger partial charge on any atom is 0.305 e.